The molecule has 1 unspecified atom stereocenters. The summed E-state index contributed by atoms with van der Waals surface area (Å²) < 4.78 is 5.10. The van der Waals surface area contributed by atoms with E-state index in [2.05, 4.69) is 0 Å². The lowest BCUT2D eigenvalue weighted by molar-refractivity contribution is -0.163. The minimum Gasteiger partial charge on any atom is -0.480 e. The van der Waals surface area contributed by atoms with E-state index in [-0.39, 0.29) is 12.5 Å². The molecule has 0 spiro atoms. The summed E-state index contributed by atoms with van der Waals surface area (Å²) in [7, 11) is 0. The maximum atomic E-state index is 12.5. The number of hydrogen-bond donors (Lipinski definition) is 1. The summed E-state index contributed by atoms with van der Waals surface area (Å²) in [6.07, 6.45) is 3.40. The number of carbonyl (C=O) groups is 2. The normalized spacial score (nSPS) is 17.6. The van der Waals surface area contributed by atoms with E-state index in [1.807, 2.05) is 19.1 Å². The van der Waals surface area contributed by atoms with Gasteiger partial charge in [0.2, 0.25) is 0 Å². The molecule has 1 aromatic carbocycles. The molecule has 4 nitrogen and oxygen atoms in total. The number of rotatable bonds is 6. The molecule has 1 aliphatic rings. The molecular weight excluding hydrogens is 268 g/mol. The molecule has 0 radical (unpaired) electrons. The minimum absolute atomic E-state index is 0.185. The molecule has 0 aromatic heterocycles. The number of ether oxygens (including phenoxy) is 1. The van der Waals surface area contributed by atoms with E-state index < -0.39 is 17.4 Å². The average Bonchev–Trinajstić information content (AvgIpc) is 2.39. The summed E-state index contributed by atoms with van der Waals surface area (Å²) in [5.41, 5.74) is -0.0223. The van der Waals surface area contributed by atoms with Crippen LogP contribution in [0.25, 0.3) is 0 Å². The second-order valence-electron chi connectivity index (χ2n) is 5.80. The maximum Gasteiger partial charge on any atom is 0.328 e. The van der Waals surface area contributed by atoms with Gasteiger partial charge in [-0.1, -0.05) is 49.1 Å². The Balaban J connectivity index is 2.45. The van der Waals surface area contributed by atoms with Crippen LogP contribution in [0.5, 0.6) is 0 Å². The third kappa shape index (κ3) is 2.94. The fourth-order valence-electron chi connectivity index (χ4n) is 2.84. The zero-order valence-electron chi connectivity index (χ0n) is 12.6. The SMILES string of the molecule is CCOC(=O)C(CC1CCC1)(C(=O)O)c1ccc(C)cc1. The van der Waals surface area contributed by atoms with E-state index in [0.717, 1.165) is 24.8 Å². The summed E-state index contributed by atoms with van der Waals surface area (Å²) in [4.78, 5) is 24.5. The van der Waals surface area contributed by atoms with Crippen LogP contribution in [-0.4, -0.2) is 23.7 Å². The first-order valence-electron chi connectivity index (χ1n) is 7.48. The number of aryl methyl sites for hydroxylation is 1. The molecule has 1 fully saturated rings. The highest BCUT2D eigenvalue weighted by Gasteiger charge is 2.51. The highest BCUT2D eigenvalue weighted by atomic mass is 16.5. The average molecular weight is 290 g/mol. The smallest absolute Gasteiger partial charge is 0.328 e. The molecule has 0 heterocycles. The Labute approximate surface area is 125 Å². The van der Waals surface area contributed by atoms with Gasteiger partial charge in [0.25, 0.3) is 0 Å². The quantitative estimate of drug-likeness (QED) is 0.646. The second-order valence-corrected chi connectivity index (χ2v) is 5.80. The fourth-order valence-corrected chi connectivity index (χ4v) is 2.84. The molecule has 21 heavy (non-hydrogen) atoms. The summed E-state index contributed by atoms with van der Waals surface area (Å²) in [5.74, 6) is -1.48. The monoisotopic (exact) mass is 290 g/mol. The molecule has 1 aliphatic carbocycles. The van der Waals surface area contributed by atoms with Crippen molar-refractivity contribution >= 4 is 11.9 Å². The van der Waals surface area contributed by atoms with Crippen molar-refractivity contribution < 1.29 is 19.4 Å². The van der Waals surface area contributed by atoms with Crippen molar-refractivity contribution in [3.05, 3.63) is 35.4 Å². The van der Waals surface area contributed by atoms with Crippen LogP contribution in [-0.2, 0) is 19.7 Å². The van der Waals surface area contributed by atoms with Crippen molar-refractivity contribution in [1.29, 1.82) is 0 Å². The van der Waals surface area contributed by atoms with Gasteiger partial charge < -0.3 is 9.84 Å². The molecule has 0 amide bonds. The number of esters is 1. The second kappa shape index (κ2) is 6.29. The maximum absolute atomic E-state index is 12.5. The molecule has 2 rings (SSSR count). The van der Waals surface area contributed by atoms with Crippen LogP contribution in [0.3, 0.4) is 0 Å². The summed E-state index contributed by atoms with van der Waals surface area (Å²) in [6.45, 7) is 3.82. The van der Waals surface area contributed by atoms with Gasteiger partial charge >= 0.3 is 11.9 Å². The summed E-state index contributed by atoms with van der Waals surface area (Å²) in [5, 5.41) is 9.81. The van der Waals surface area contributed by atoms with Crippen LogP contribution in [0.4, 0.5) is 0 Å². The molecule has 0 saturated heterocycles. The first-order valence-corrected chi connectivity index (χ1v) is 7.48. The Morgan fingerprint density at radius 1 is 1.29 bits per heavy atom. The van der Waals surface area contributed by atoms with Gasteiger partial charge in [-0.15, -0.1) is 0 Å². The standard InChI is InChI=1S/C17H22O4/c1-3-21-16(20)17(15(18)19,11-13-5-4-6-13)14-9-7-12(2)8-10-14/h7-10,13H,3-6,11H2,1-2H3,(H,18,19). The van der Waals surface area contributed by atoms with Crippen LogP contribution in [0, 0.1) is 12.8 Å². The van der Waals surface area contributed by atoms with Gasteiger partial charge in [0, 0.05) is 0 Å². The molecule has 1 saturated carbocycles. The molecule has 1 atom stereocenters. The molecule has 4 heteroatoms. The lowest BCUT2D eigenvalue weighted by Crippen LogP contribution is -2.47. The van der Waals surface area contributed by atoms with E-state index in [9.17, 15) is 14.7 Å². The van der Waals surface area contributed by atoms with Crippen LogP contribution in [0.15, 0.2) is 24.3 Å². The minimum atomic E-state index is -1.57. The number of carboxylic acids is 1. The van der Waals surface area contributed by atoms with Crippen molar-refractivity contribution in [1.82, 2.24) is 0 Å². The van der Waals surface area contributed by atoms with Gasteiger partial charge in [0.1, 0.15) is 0 Å². The number of carbonyl (C=O) groups excluding carboxylic acids is 1. The van der Waals surface area contributed by atoms with E-state index >= 15 is 0 Å². The predicted molar refractivity (Wildman–Crippen MR) is 79.1 cm³/mol. The number of aliphatic carboxylic acids is 1. The Bertz CT molecular complexity index is 516. The van der Waals surface area contributed by atoms with Gasteiger partial charge in [-0.25, -0.2) is 0 Å². The molecule has 1 N–H and O–H groups in total. The van der Waals surface area contributed by atoms with E-state index in [1.54, 1.807) is 19.1 Å². The highest BCUT2D eigenvalue weighted by Crippen LogP contribution is 2.41. The Morgan fingerprint density at radius 3 is 2.33 bits per heavy atom. The third-order valence-electron chi connectivity index (χ3n) is 4.35. The van der Waals surface area contributed by atoms with Gasteiger partial charge in [0.15, 0.2) is 5.41 Å². The van der Waals surface area contributed by atoms with Gasteiger partial charge in [-0.3, -0.25) is 9.59 Å². The zero-order chi connectivity index (χ0) is 15.5. The Morgan fingerprint density at radius 2 is 1.90 bits per heavy atom. The number of benzene rings is 1. The van der Waals surface area contributed by atoms with Crippen molar-refractivity contribution in [2.24, 2.45) is 5.92 Å². The lowest BCUT2D eigenvalue weighted by Gasteiger charge is -2.35. The van der Waals surface area contributed by atoms with Crippen molar-refractivity contribution in [3.8, 4) is 0 Å². The third-order valence-corrected chi connectivity index (χ3v) is 4.35. The van der Waals surface area contributed by atoms with Crippen molar-refractivity contribution in [3.63, 3.8) is 0 Å². The topological polar surface area (TPSA) is 63.6 Å². The molecule has 0 aliphatic heterocycles. The number of carboxylic acid groups (broad SMARTS) is 1. The Kier molecular flexibility index (Phi) is 4.66. The van der Waals surface area contributed by atoms with E-state index in [0.29, 0.717) is 12.0 Å². The van der Waals surface area contributed by atoms with Gasteiger partial charge in [0.05, 0.1) is 6.61 Å². The summed E-state index contributed by atoms with van der Waals surface area (Å²) in [6, 6.07) is 7.15. The highest BCUT2D eigenvalue weighted by molar-refractivity contribution is 6.05. The molecule has 1 aromatic rings. The van der Waals surface area contributed by atoms with Gasteiger partial charge in [-0.2, -0.15) is 0 Å². The molecule has 0 bridgehead atoms. The van der Waals surface area contributed by atoms with Crippen LogP contribution < -0.4 is 0 Å². The first-order chi connectivity index (χ1) is 10.0. The fraction of sp³-hybridized carbons (Fsp3) is 0.529. The van der Waals surface area contributed by atoms with Crippen LogP contribution >= 0.6 is 0 Å². The van der Waals surface area contributed by atoms with E-state index in [1.165, 1.54) is 0 Å². The first kappa shape index (κ1) is 15.5. The zero-order valence-corrected chi connectivity index (χ0v) is 12.6. The largest absolute Gasteiger partial charge is 0.480 e. The van der Waals surface area contributed by atoms with Crippen LogP contribution in [0.2, 0.25) is 0 Å². The number of hydrogen-bond acceptors (Lipinski definition) is 3. The predicted octanol–water partition coefficient (Wildman–Crippen LogP) is 3.07. The van der Waals surface area contributed by atoms with Gasteiger partial charge in [-0.05, 0) is 31.7 Å². The molecule has 114 valence electrons. The Hall–Kier alpha value is -1.84. The molecular formula is C17H22O4. The van der Waals surface area contributed by atoms with E-state index in [4.69, 9.17) is 4.74 Å². The van der Waals surface area contributed by atoms with Crippen molar-refractivity contribution in [2.75, 3.05) is 6.61 Å². The lowest BCUT2D eigenvalue weighted by atomic mass is 9.68. The summed E-state index contributed by atoms with van der Waals surface area (Å²) >= 11 is 0. The van der Waals surface area contributed by atoms with Crippen molar-refractivity contribution in [2.45, 2.75) is 44.9 Å². The van der Waals surface area contributed by atoms with Crippen LogP contribution in [0.1, 0.15) is 43.7 Å².